The van der Waals surface area contributed by atoms with Gasteiger partial charge in [-0.3, -0.25) is 27.5 Å². The molecule has 10 atom stereocenters. The fourth-order valence-electron chi connectivity index (χ4n) is 6.12. The van der Waals surface area contributed by atoms with Crippen molar-refractivity contribution < 1.29 is 55.2 Å². The van der Waals surface area contributed by atoms with Crippen molar-refractivity contribution in [3.8, 4) is 0 Å². The predicted octanol–water partition coefficient (Wildman–Crippen LogP) is 3.27. The monoisotopic (exact) mass is 790 g/mol. The van der Waals surface area contributed by atoms with Gasteiger partial charge in [-0.15, -0.1) is 0 Å². The number of ether oxygens (including phenoxy) is 2. The number of hydrogen-bond donors (Lipinski definition) is 3. The third-order valence-electron chi connectivity index (χ3n) is 8.73. The van der Waals surface area contributed by atoms with Gasteiger partial charge in [0.2, 0.25) is 0 Å². The largest absolute Gasteiger partial charge is 0.472 e. The predicted molar refractivity (Wildman–Crippen MR) is 177 cm³/mol. The smallest absolute Gasteiger partial charge is 0.454 e. The Balaban J connectivity index is 1.20. The van der Waals surface area contributed by atoms with E-state index in [4.69, 9.17) is 39.0 Å². The van der Waals surface area contributed by atoms with Gasteiger partial charge >= 0.3 is 20.6 Å². The molecule has 0 aromatic carbocycles. The van der Waals surface area contributed by atoms with Crippen molar-refractivity contribution in [3.63, 3.8) is 0 Å². The third-order valence-corrected chi connectivity index (χ3v) is 13.1. The number of fused-ring (bicyclic) bond motifs is 4. The summed E-state index contributed by atoms with van der Waals surface area (Å²) in [5.74, 6) is -2.15. The lowest BCUT2D eigenvalue weighted by Gasteiger charge is -2.30. The maximum absolute atomic E-state index is 16.6. The van der Waals surface area contributed by atoms with Crippen LogP contribution in [0.5, 0.6) is 0 Å². The molecular formula is C27H34F2N10O10P2S. The van der Waals surface area contributed by atoms with Gasteiger partial charge in [-0.25, -0.2) is 47.8 Å². The minimum atomic E-state index is -5.09. The lowest BCUT2D eigenvalue weighted by molar-refractivity contribution is -0.150. The Bertz CT molecular complexity index is 2090. The van der Waals surface area contributed by atoms with Gasteiger partial charge in [-0.05, 0) is 27.2 Å². The van der Waals surface area contributed by atoms with E-state index in [1.807, 2.05) is 0 Å². The molecule has 52 heavy (non-hydrogen) atoms. The molecule has 6 unspecified atom stereocenters. The van der Waals surface area contributed by atoms with Crippen molar-refractivity contribution in [1.29, 1.82) is 0 Å². The van der Waals surface area contributed by atoms with Gasteiger partial charge in [-0.1, -0.05) is 0 Å². The van der Waals surface area contributed by atoms with Crippen LogP contribution < -0.4 is 11.5 Å². The highest BCUT2D eigenvalue weighted by Gasteiger charge is 2.54. The number of hydrogen-bond acceptors (Lipinski definition) is 18. The summed E-state index contributed by atoms with van der Waals surface area (Å²) in [6.45, 7) is -1.11. The zero-order chi connectivity index (χ0) is 37.2. The fraction of sp³-hybridized carbons (Fsp3) is 0.593. The van der Waals surface area contributed by atoms with Gasteiger partial charge < -0.3 is 30.4 Å². The first-order chi connectivity index (χ1) is 24.6. The molecular weight excluding hydrogens is 756 g/mol. The topological polar surface area (TPSA) is 266 Å². The molecule has 0 radical (unpaired) electrons. The zero-order valence-corrected chi connectivity index (χ0v) is 30.3. The van der Waals surface area contributed by atoms with Crippen LogP contribution in [0.15, 0.2) is 25.3 Å². The van der Waals surface area contributed by atoms with Crippen molar-refractivity contribution in [3.05, 3.63) is 25.3 Å². The second-order valence-corrected chi connectivity index (χ2v) is 18.6. The van der Waals surface area contributed by atoms with Gasteiger partial charge in [0.25, 0.3) is 0 Å². The first kappa shape index (κ1) is 36.9. The van der Waals surface area contributed by atoms with Crippen molar-refractivity contribution in [2.24, 2.45) is 11.3 Å². The van der Waals surface area contributed by atoms with E-state index >= 15 is 8.78 Å². The van der Waals surface area contributed by atoms with E-state index in [1.165, 1.54) is 28.1 Å². The highest BCUT2D eigenvalue weighted by Crippen LogP contribution is 2.64. The lowest BCUT2D eigenvalue weighted by Crippen LogP contribution is -2.35. The SMILES string of the molecule is CC(C)(C)C(=O)OCSP1(=O)OC[C@H]2O[C@@H](n3cnc4c(N)ncnc43)C(F)C2OP(=O)(O)OC[C@H]2C[C@@H](n3cnc4c(N)ncnc43)C(F)C2O1. The Kier molecular flexibility index (Phi) is 9.79. The van der Waals surface area contributed by atoms with Crippen molar-refractivity contribution in [2.45, 2.75) is 70.1 Å². The average molecular weight is 791 g/mol. The summed E-state index contributed by atoms with van der Waals surface area (Å²) >= 11 is 0.450. The van der Waals surface area contributed by atoms with Crippen LogP contribution in [-0.2, 0) is 41.5 Å². The minimum Gasteiger partial charge on any atom is -0.454 e. The maximum atomic E-state index is 16.6. The Hall–Kier alpha value is -3.40. The van der Waals surface area contributed by atoms with Crippen LogP contribution in [0.2, 0.25) is 0 Å². The number of carbonyl (C=O) groups excluding carboxylic acids is 1. The Morgan fingerprint density at radius 2 is 1.58 bits per heavy atom. The number of imidazole rings is 2. The number of aromatic nitrogens is 8. The van der Waals surface area contributed by atoms with Gasteiger partial charge in [0.05, 0.1) is 37.3 Å². The summed E-state index contributed by atoms with van der Waals surface area (Å²) in [4.78, 5) is 47.6. The van der Waals surface area contributed by atoms with E-state index in [1.54, 1.807) is 20.8 Å². The van der Waals surface area contributed by atoms with Gasteiger partial charge in [0, 0.05) is 17.3 Å². The lowest BCUT2D eigenvalue weighted by atomic mass is 9.98. The van der Waals surface area contributed by atoms with Crippen LogP contribution in [0.4, 0.5) is 20.4 Å². The summed E-state index contributed by atoms with van der Waals surface area (Å²) < 4.78 is 96.8. The minimum absolute atomic E-state index is 0.0105. The molecule has 282 valence electrons. The van der Waals surface area contributed by atoms with E-state index in [0.29, 0.717) is 11.4 Å². The van der Waals surface area contributed by atoms with E-state index in [0.717, 1.165) is 6.33 Å². The van der Waals surface area contributed by atoms with E-state index in [9.17, 15) is 18.8 Å². The second-order valence-electron chi connectivity index (χ2n) is 13.3. The van der Waals surface area contributed by atoms with Crippen LogP contribution in [0.3, 0.4) is 0 Å². The molecule has 25 heteroatoms. The van der Waals surface area contributed by atoms with E-state index in [-0.39, 0.29) is 40.4 Å². The first-order valence-corrected chi connectivity index (χ1v) is 20.4. The fourth-order valence-corrected chi connectivity index (χ4v) is 9.96. The Labute approximate surface area is 297 Å². The van der Waals surface area contributed by atoms with Crippen molar-refractivity contribution in [1.82, 2.24) is 39.0 Å². The number of anilines is 2. The normalized spacial score (nSPS) is 34.4. The molecule has 0 spiro atoms. The van der Waals surface area contributed by atoms with E-state index < -0.39 is 94.0 Å². The molecule has 0 bridgehead atoms. The Morgan fingerprint density at radius 3 is 2.23 bits per heavy atom. The standard InChI is InChI=1S/C27H34F2N10O10P2S/c1-27(2,3)26(40)44-11-52-51(43)46-6-14-20(16(29)25(47-14)39-10-37-18-22(31)33-8-35-24(18)39)48-50(41,42)45-5-12-4-13(15(28)19(12)49-51)38-9-36-17-21(30)32-7-34-23(17)38/h7-10,12-16,19-20,25H,4-6,11H2,1-3H3,(H,41,42)(H2,30,32,34)(H2,31,33,35)/t12-,13-,14-,15?,16?,19?,20?,25-,51?/m1/s1. The number of halogens is 2. The number of nitrogen functional groups attached to an aromatic ring is 2. The quantitative estimate of drug-likeness (QED) is 0.149. The summed E-state index contributed by atoms with van der Waals surface area (Å²) in [6.07, 6.45) is -5.91. The highest BCUT2D eigenvalue weighted by molar-refractivity contribution is 8.55. The molecule has 5 N–H and O–H groups in total. The molecule has 2 saturated heterocycles. The number of phosphoric ester groups is 1. The number of nitrogens with two attached hydrogens (primary N) is 2. The third kappa shape index (κ3) is 7.01. The molecule has 1 aliphatic carbocycles. The average Bonchev–Trinajstić information content (AvgIpc) is 3.84. The summed E-state index contributed by atoms with van der Waals surface area (Å²) in [5, 5.41) is 0. The van der Waals surface area contributed by atoms with Gasteiger partial charge in [0.15, 0.2) is 35.3 Å². The van der Waals surface area contributed by atoms with Crippen LogP contribution in [0.25, 0.3) is 22.3 Å². The molecule has 3 aliphatic rings. The number of nitrogens with zero attached hydrogens (tertiary/aromatic N) is 8. The summed E-state index contributed by atoms with van der Waals surface area (Å²) in [6, 6.07) is -1.07. The molecule has 20 nitrogen and oxygen atoms in total. The molecule has 0 amide bonds. The molecule has 4 aromatic heterocycles. The Morgan fingerprint density at radius 1 is 0.942 bits per heavy atom. The number of carbonyl (C=O) groups is 1. The van der Waals surface area contributed by atoms with Crippen LogP contribution >= 0.6 is 26.0 Å². The van der Waals surface area contributed by atoms with Crippen LogP contribution in [-0.4, -0.2) is 99.7 Å². The van der Waals surface area contributed by atoms with Gasteiger partial charge in [0.1, 0.15) is 54.1 Å². The van der Waals surface area contributed by atoms with Crippen LogP contribution in [0.1, 0.15) is 39.5 Å². The van der Waals surface area contributed by atoms with Gasteiger partial charge in [-0.2, -0.15) is 0 Å². The molecule has 7 rings (SSSR count). The summed E-state index contributed by atoms with van der Waals surface area (Å²) in [7, 11) is -5.09. The zero-order valence-electron chi connectivity index (χ0n) is 27.7. The van der Waals surface area contributed by atoms with Crippen LogP contribution in [0, 0.1) is 11.3 Å². The highest BCUT2D eigenvalue weighted by atomic mass is 32.7. The van der Waals surface area contributed by atoms with Crippen molar-refractivity contribution in [2.75, 3.05) is 30.6 Å². The second kappa shape index (κ2) is 13.8. The molecule has 1 saturated carbocycles. The molecule has 6 heterocycles. The number of alkyl halides is 2. The number of rotatable bonds is 5. The molecule has 3 fully saturated rings. The first-order valence-electron chi connectivity index (χ1n) is 15.8. The maximum Gasteiger partial charge on any atom is 0.472 e. The van der Waals surface area contributed by atoms with Crippen molar-refractivity contribution >= 4 is 65.9 Å². The molecule has 2 aliphatic heterocycles. The number of phosphoric acid groups is 1. The number of esters is 1. The van der Waals surface area contributed by atoms with E-state index in [2.05, 4.69) is 29.9 Å². The molecule has 4 aromatic rings. The summed E-state index contributed by atoms with van der Waals surface area (Å²) in [5.41, 5.74) is 11.5.